The molecule has 0 aromatic heterocycles. The van der Waals surface area contributed by atoms with Crippen molar-refractivity contribution >= 4 is 17.7 Å². The molecule has 3 rings (SSSR count). The van der Waals surface area contributed by atoms with Gasteiger partial charge >= 0.3 is 6.09 Å². The maximum Gasteiger partial charge on any atom is 0.410 e. The summed E-state index contributed by atoms with van der Waals surface area (Å²) in [6.07, 6.45) is 2.53. The zero-order valence-electron chi connectivity index (χ0n) is 15.0. The van der Waals surface area contributed by atoms with Crippen LogP contribution in [0.1, 0.15) is 62.8 Å². The monoisotopic (exact) mass is 350 g/mol. The molecule has 1 atom stereocenters. The van der Waals surface area contributed by atoms with E-state index in [1.54, 1.807) is 0 Å². The quantitative estimate of drug-likeness (QED) is 0.758. The van der Waals surface area contributed by atoms with Gasteiger partial charge in [0.2, 0.25) is 0 Å². The summed E-state index contributed by atoms with van der Waals surface area (Å²) in [6.45, 7) is 9.11. The second kappa shape index (κ2) is 5.92. The number of piperidine rings is 1. The second-order valence-corrected chi connectivity index (χ2v) is 8.65. The highest BCUT2D eigenvalue weighted by Gasteiger charge is 2.45. The lowest BCUT2D eigenvalue weighted by molar-refractivity contribution is 0.0162. The number of carbonyl (C=O) groups is 1. The van der Waals surface area contributed by atoms with E-state index in [9.17, 15) is 4.79 Å². The third-order valence-corrected chi connectivity index (χ3v) is 5.69. The van der Waals surface area contributed by atoms with Crippen LogP contribution in [-0.4, -0.2) is 29.7 Å². The van der Waals surface area contributed by atoms with E-state index in [1.165, 1.54) is 11.1 Å². The van der Waals surface area contributed by atoms with Gasteiger partial charge < -0.3 is 15.4 Å². The zero-order chi connectivity index (χ0) is 17.7. The standard InChI is InChI=1S/C19H27ClN2O2/c1-12-9-13-14(10-15(12)20)19(11-16(13)21)5-7-22(8-6-19)17(23)24-18(2,3)4/h9-10,16H,5-8,11,21H2,1-4H3/t16-/m0/s1. The van der Waals surface area contributed by atoms with Gasteiger partial charge in [0.1, 0.15) is 5.60 Å². The minimum atomic E-state index is -0.459. The molecule has 0 unspecified atom stereocenters. The second-order valence-electron chi connectivity index (χ2n) is 8.25. The Morgan fingerprint density at radius 2 is 1.96 bits per heavy atom. The predicted molar refractivity (Wildman–Crippen MR) is 96.5 cm³/mol. The highest BCUT2D eigenvalue weighted by molar-refractivity contribution is 6.31. The normalized spacial score (nSPS) is 22.6. The minimum Gasteiger partial charge on any atom is -0.444 e. The number of fused-ring (bicyclic) bond motifs is 2. The van der Waals surface area contributed by atoms with Crippen molar-refractivity contribution in [2.24, 2.45) is 5.73 Å². The number of benzene rings is 1. The maximum absolute atomic E-state index is 12.3. The van der Waals surface area contributed by atoms with Crippen LogP contribution < -0.4 is 5.73 Å². The van der Waals surface area contributed by atoms with Crippen LogP contribution in [0.3, 0.4) is 0 Å². The molecule has 1 saturated heterocycles. The molecular formula is C19H27ClN2O2. The van der Waals surface area contributed by atoms with Gasteiger partial charge in [0.15, 0.2) is 0 Å². The van der Waals surface area contributed by atoms with Gasteiger partial charge in [-0.05, 0) is 69.7 Å². The minimum absolute atomic E-state index is 0.0462. The molecule has 1 heterocycles. The number of amides is 1. The van der Waals surface area contributed by atoms with Gasteiger partial charge in [0.25, 0.3) is 0 Å². The molecule has 1 amide bonds. The molecule has 5 heteroatoms. The van der Waals surface area contributed by atoms with Crippen molar-refractivity contribution in [3.63, 3.8) is 0 Å². The number of nitrogens with two attached hydrogens (primary N) is 1. The van der Waals surface area contributed by atoms with Gasteiger partial charge in [-0.1, -0.05) is 17.7 Å². The zero-order valence-corrected chi connectivity index (χ0v) is 15.7. The van der Waals surface area contributed by atoms with Crippen LogP contribution in [0.4, 0.5) is 4.79 Å². The molecule has 2 N–H and O–H groups in total. The topological polar surface area (TPSA) is 55.6 Å². The summed E-state index contributed by atoms with van der Waals surface area (Å²) in [5.41, 5.74) is 9.58. The van der Waals surface area contributed by atoms with Crippen LogP contribution in [0.15, 0.2) is 12.1 Å². The summed E-state index contributed by atoms with van der Waals surface area (Å²) in [5, 5.41) is 0.803. The highest BCUT2D eigenvalue weighted by Crippen LogP contribution is 2.51. The fourth-order valence-corrected chi connectivity index (χ4v) is 4.19. The van der Waals surface area contributed by atoms with Gasteiger partial charge in [-0.25, -0.2) is 4.79 Å². The number of likely N-dealkylation sites (tertiary alicyclic amines) is 1. The Balaban J connectivity index is 1.78. The van der Waals surface area contributed by atoms with Crippen molar-refractivity contribution in [2.75, 3.05) is 13.1 Å². The van der Waals surface area contributed by atoms with Crippen LogP contribution in [0.5, 0.6) is 0 Å². The lowest BCUT2D eigenvalue weighted by Crippen LogP contribution is -2.46. The Morgan fingerprint density at radius 1 is 1.33 bits per heavy atom. The van der Waals surface area contributed by atoms with Crippen LogP contribution in [0.25, 0.3) is 0 Å². The van der Waals surface area contributed by atoms with E-state index in [0.717, 1.165) is 29.8 Å². The summed E-state index contributed by atoms with van der Waals surface area (Å²) in [7, 11) is 0. The first kappa shape index (κ1) is 17.6. The number of nitrogens with zero attached hydrogens (tertiary/aromatic N) is 1. The molecule has 132 valence electrons. The molecule has 1 spiro atoms. The lowest BCUT2D eigenvalue weighted by atomic mass is 9.73. The predicted octanol–water partition coefficient (Wildman–Crippen LogP) is 4.32. The van der Waals surface area contributed by atoms with Crippen molar-refractivity contribution in [1.29, 1.82) is 0 Å². The smallest absolute Gasteiger partial charge is 0.410 e. The van der Waals surface area contributed by atoms with Crippen molar-refractivity contribution in [3.05, 3.63) is 33.8 Å². The van der Waals surface area contributed by atoms with E-state index in [-0.39, 0.29) is 17.6 Å². The molecule has 1 aliphatic heterocycles. The molecule has 1 fully saturated rings. The van der Waals surface area contributed by atoms with Gasteiger partial charge in [-0.3, -0.25) is 0 Å². The van der Waals surface area contributed by atoms with Crippen LogP contribution in [-0.2, 0) is 10.2 Å². The van der Waals surface area contributed by atoms with Crippen molar-refractivity contribution in [1.82, 2.24) is 4.90 Å². The molecule has 1 aromatic carbocycles. The van der Waals surface area contributed by atoms with E-state index in [1.807, 2.05) is 32.6 Å². The van der Waals surface area contributed by atoms with Gasteiger partial charge in [0, 0.05) is 29.6 Å². The van der Waals surface area contributed by atoms with Gasteiger partial charge in [0.05, 0.1) is 0 Å². The summed E-state index contributed by atoms with van der Waals surface area (Å²) < 4.78 is 5.49. The summed E-state index contributed by atoms with van der Waals surface area (Å²) >= 11 is 6.37. The molecule has 0 radical (unpaired) electrons. The number of rotatable bonds is 0. The third-order valence-electron chi connectivity index (χ3n) is 5.28. The largest absolute Gasteiger partial charge is 0.444 e. The Kier molecular flexibility index (Phi) is 4.33. The number of ether oxygens (including phenoxy) is 1. The number of aryl methyl sites for hydroxylation is 1. The van der Waals surface area contributed by atoms with Crippen LogP contribution in [0, 0.1) is 6.92 Å². The molecule has 1 aliphatic carbocycles. The highest BCUT2D eigenvalue weighted by atomic mass is 35.5. The van der Waals surface area contributed by atoms with Gasteiger partial charge in [-0.2, -0.15) is 0 Å². The Hall–Kier alpha value is -1.26. The van der Waals surface area contributed by atoms with E-state index < -0.39 is 5.60 Å². The number of hydrogen-bond donors (Lipinski definition) is 1. The van der Waals surface area contributed by atoms with Crippen LogP contribution in [0.2, 0.25) is 5.02 Å². The Labute approximate surface area is 149 Å². The summed E-state index contributed by atoms with van der Waals surface area (Å²) in [5.74, 6) is 0. The number of hydrogen-bond acceptors (Lipinski definition) is 3. The first-order chi connectivity index (χ1) is 11.1. The Bertz CT molecular complexity index is 658. The first-order valence-electron chi connectivity index (χ1n) is 8.65. The molecule has 4 nitrogen and oxygen atoms in total. The first-order valence-corrected chi connectivity index (χ1v) is 9.03. The number of carbonyl (C=O) groups excluding carboxylic acids is 1. The molecule has 0 saturated carbocycles. The molecule has 24 heavy (non-hydrogen) atoms. The Morgan fingerprint density at radius 3 is 2.54 bits per heavy atom. The average molecular weight is 351 g/mol. The molecule has 0 bridgehead atoms. The fraction of sp³-hybridized carbons (Fsp3) is 0.632. The summed E-state index contributed by atoms with van der Waals surface area (Å²) in [4.78, 5) is 14.1. The van der Waals surface area contributed by atoms with Gasteiger partial charge in [-0.15, -0.1) is 0 Å². The van der Waals surface area contributed by atoms with Crippen molar-refractivity contribution < 1.29 is 9.53 Å². The maximum atomic E-state index is 12.3. The van der Waals surface area contributed by atoms with E-state index >= 15 is 0 Å². The molecule has 2 aliphatic rings. The van der Waals surface area contributed by atoms with Crippen LogP contribution >= 0.6 is 11.6 Å². The van der Waals surface area contributed by atoms with E-state index in [2.05, 4.69) is 12.1 Å². The fourth-order valence-electron chi connectivity index (χ4n) is 4.03. The molecule has 1 aromatic rings. The lowest BCUT2D eigenvalue weighted by Gasteiger charge is -2.40. The van der Waals surface area contributed by atoms with Crippen molar-refractivity contribution in [3.8, 4) is 0 Å². The van der Waals surface area contributed by atoms with Crippen molar-refractivity contribution in [2.45, 2.75) is 64.0 Å². The van der Waals surface area contributed by atoms with E-state index in [0.29, 0.717) is 13.1 Å². The average Bonchev–Trinajstić information content (AvgIpc) is 2.71. The molecular weight excluding hydrogens is 324 g/mol. The SMILES string of the molecule is Cc1cc2c(cc1Cl)C1(CCN(C(=O)OC(C)(C)C)CC1)C[C@@H]2N. The third kappa shape index (κ3) is 3.14. The number of halogens is 1. The van der Waals surface area contributed by atoms with E-state index in [4.69, 9.17) is 22.1 Å². The summed E-state index contributed by atoms with van der Waals surface area (Å²) in [6, 6.07) is 4.29.